The van der Waals surface area contributed by atoms with Crippen molar-refractivity contribution in [1.82, 2.24) is 19.5 Å². The Balaban J connectivity index is 1.88. The molecule has 1 saturated heterocycles. The molecule has 3 heterocycles. The van der Waals surface area contributed by atoms with E-state index in [0.29, 0.717) is 0 Å². The number of anilines is 1. The van der Waals surface area contributed by atoms with Crippen molar-refractivity contribution >= 4 is 24.7 Å². The predicted molar refractivity (Wildman–Crippen MR) is 73.6 cm³/mol. The first kappa shape index (κ1) is 15.1. The van der Waals surface area contributed by atoms with Gasteiger partial charge in [-0.05, 0) is 6.42 Å². The number of fused-ring (bicyclic) bond motifs is 1. The zero-order valence-electron chi connectivity index (χ0n) is 11.2. The SMILES string of the molecule is Nc1nc2c(ncn2C[C@@H]2C[C@H](P(=O)(O)O)O[C@H]2O)c(=O)[nH]1. The second-order valence-electron chi connectivity index (χ2n) is 5.09. The molecule has 3 rings (SSSR count). The molecule has 120 valence electrons. The van der Waals surface area contributed by atoms with Gasteiger partial charge in [-0.25, -0.2) is 4.98 Å². The van der Waals surface area contributed by atoms with Crippen molar-refractivity contribution in [3.05, 3.63) is 16.7 Å². The van der Waals surface area contributed by atoms with Crippen LogP contribution in [0.1, 0.15) is 6.42 Å². The highest BCUT2D eigenvalue weighted by Crippen LogP contribution is 2.49. The molecule has 11 nitrogen and oxygen atoms in total. The maximum Gasteiger partial charge on any atom is 0.354 e. The third-order valence-corrected chi connectivity index (χ3v) is 4.59. The summed E-state index contributed by atoms with van der Waals surface area (Å²) in [7, 11) is -4.44. The Hall–Kier alpha value is -1.78. The van der Waals surface area contributed by atoms with Crippen molar-refractivity contribution in [1.29, 1.82) is 0 Å². The van der Waals surface area contributed by atoms with Crippen molar-refractivity contribution < 1.29 is 24.2 Å². The lowest BCUT2D eigenvalue weighted by molar-refractivity contribution is -0.0968. The number of rotatable bonds is 3. The summed E-state index contributed by atoms with van der Waals surface area (Å²) in [4.78, 5) is 40.1. The van der Waals surface area contributed by atoms with E-state index in [4.69, 9.17) is 20.3 Å². The molecule has 22 heavy (non-hydrogen) atoms. The smallest absolute Gasteiger partial charge is 0.354 e. The second-order valence-corrected chi connectivity index (χ2v) is 6.84. The molecule has 2 aromatic rings. The molecule has 12 heteroatoms. The Labute approximate surface area is 122 Å². The van der Waals surface area contributed by atoms with Crippen LogP contribution in [0.3, 0.4) is 0 Å². The standard InChI is InChI=1S/C10H14N5O6P/c11-10-13-7-6(8(16)14-10)12-3-15(7)2-4-1-5(21-9(4)17)22(18,19)20/h3-5,9,17H,1-2H2,(H2,18,19,20)(H3,11,13,14,16)/t4-,5-,9+/m0/s1. The number of nitrogens with one attached hydrogen (secondary N) is 1. The van der Waals surface area contributed by atoms with E-state index in [9.17, 15) is 14.5 Å². The van der Waals surface area contributed by atoms with Crippen LogP contribution >= 0.6 is 7.60 Å². The Morgan fingerprint density at radius 3 is 2.91 bits per heavy atom. The summed E-state index contributed by atoms with van der Waals surface area (Å²) >= 11 is 0. The Bertz CT molecular complexity index is 812. The number of aromatic amines is 1. The fraction of sp³-hybridized carbons (Fsp3) is 0.500. The molecule has 1 fully saturated rings. The molecule has 2 aromatic heterocycles. The predicted octanol–water partition coefficient (Wildman–Crippen LogP) is -1.44. The zero-order valence-corrected chi connectivity index (χ0v) is 12.1. The average molecular weight is 331 g/mol. The van der Waals surface area contributed by atoms with E-state index in [0.717, 1.165) is 0 Å². The number of ether oxygens (including phenoxy) is 1. The van der Waals surface area contributed by atoms with E-state index in [-0.39, 0.29) is 30.1 Å². The van der Waals surface area contributed by atoms with Crippen LogP contribution in [-0.4, -0.2) is 46.5 Å². The number of aliphatic hydroxyl groups excluding tert-OH is 1. The zero-order chi connectivity index (χ0) is 16.1. The number of nitrogens with zero attached hydrogens (tertiary/aromatic N) is 3. The average Bonchev–Trinajstić information content (AvgIpc) is 2.95. The van der Waals surface area contributed by atoms with Crippen LogP contribution in [0.4, 0.5) is 5.95 Å². The normalized spacial score (nSPS) is 25.9. The lowest BCUT2D eigenvalue weighted by atomic mass is 10.1. The number of nitrogens with two attached hydrogens (primary N) is 1. The number of hydrogen-bond acceptors (Lipinski definition) is 7. The van der Waals surface area contributed by atoms with Crippen LogP contribution in [0.2, 0.25) is 0 Å². The maximum absolute atomic E-state index is 11.7. The van der Waals surface area contributed by atoms with E-state index in [1.165, 1.54) is 10.9 Å². The first-order chi connectivity index (χ1) is 10.3. The van der Waals surface area contributed by atoms with Gasteiger partial charge in [0, 0.05) is 12.5 Å². The van der Waals surface area contributed by atoms with Gasteiger partial charge in [0.05, 0.1) is 6.33 Å². The van der Waals surface area contributed by atoms with Gasteiger partial charge in [-0.1, -0.05) is 0 Å². The lowest BCUT2D eigenvalue weighted by Crippen LogP contribution is -2.20. The molecular weight excluding hydrogens is 317 g/mol. The van der Waals surface area contributed by atoms with Crippen LogP contribution in [0.5, 0.6) is 0 Å². The van der Waals surface area contributed by atoms with Gasteiger partial charge in [0.15, 0.2) is 23.3 Å². The van der Waals surface area contributed by atoms with Gasteiger partial charge >= 0.3 is 7.60 Å². The minimum Gasteiger partial charge on any atom is -0.369 e. The molecule has 0 saturated carbocycles. The van der Waals surface area contributed by atoms with Crippen molar-refractivity contribution in [2.45, 2.75) is 25.1 Å². The van der Waals surface area contributed by atoms with Crippen LogP contribution in [-0.2, 0) is 15.8 Å². The number of aromatic nitrogens is 4. The number of nitrogen functional groups attached to an aromatic ring is 1. The minimum atomic E-state index is -4.44. The Kier molecular flexibility index (Phi) is 3.54. The van der Waals surface area contributed by atoms with Crippen LogP contribution < -0.4 is 11.3 Å². The highest BCUT2D eigenvalue weighted by molar-refractivity contribution is 7.52. The number of hydrogen-bond donors (Lipinski definition) is 5. The fourth-order valence-corrected chi connectivity index (χ4v) is 3.27. The van der Waals surface area contributed by atoms with Crippen LogP contribution in [0.15, 0.2) is 11.1 Å². The van der Waals surface area contributed by atoms with E-state index in [1.807, 2.05) is 0 Å². The first-order valence-corrected chi connectivity index (χ1v) is 8.03. The largest absolute Gasteiger partial charge is 0.369 e. The van der Waals surface area contributed by atoms with Gasteiger partial charge in [0.2, 0.25) is 5.95 Å². The second kappa shape index (κ2) is 5.14. The molecule has 0 aliphatic carbocycles. The highest BCUT2D eigenvalue weighted by atomic mass is 31.2. The molecule has 0 aromatic carbocycles. The summed E-state index contributed by atoms with van der Waals surface area (Å²) in [6, 6.07) is 0. The summed E-state index contributed by atoms with van der Waals surface area (Å²) in [6.45, 7) is 0.129. The van der Waals surface area contributed by atoms with Crippen molar-refractivity contribution in [3.8, 4) is 0 Å². The van der Waals surface area contributed by atoms with Gasteiger partial charge in [-0.2, -0.15) is 4.98 Å². The van der Waals surface area contributed by atoms with E-state index >= 15 is 0 Å². The van der Waals surface area contributed by atoms with Gasteiger partial charge in [-0.3, -0.25) is 14.3 Å². The maximum atomic E-state index is 11.7. The minimum absolute atomic E-state index is 0.0240. The third-order valence-electron chi connectivity index (χ3n) is 3.50. The summed E-state index contributed by atoms with van der Waals surface area (Å²) < 4.78 is 17.6. The molecule has 3 atom stereocenters. The summed E-state index contributed by atoms with van der Waals surface area (Å²) in [6.07, 6.45) is 0.00244. The lowest BCUT2D eigenvalue weighted by Gasteiger charge is -2.13. The number of H-pyrrole nitrogens is 1. The summed E-state index contributed by atoms with van der Waals surface area (Å²) in [5.74, 6) is -1.99. The van der Waals surface area contributed by atoms with E-state index in [2.05, 4.69) is 15.0 Å². The molecule has 0 spiro atoms. The monoisotopic (exact) mass is 331 g/mol. The molecule has 1 aliphatic heterocycles. The van der Waals surface area contributed by atoms with Crippen molar-refractivity contribution in [3.63, 3.8) is 0 Å². The van der Waals surface area contributed by atoms with Gasteiger partial charge in [0.25, 0.3) is 5.56 Å². The van der Waals surface area contributed by atoms with Gasteiger partial charge in [0.1, 0.15) is 0 Å². The molecule has 0 bridgehead atoms. The third kappa shape index (κ3) is 2.64. The van der Waals surface area contributed by atoms with E-state index in [1.54, 1.807) is 0 Å². The van der Waals surface area contributed by atoms with Gasteiger partial charge in [-0.15, -0.1) is 0 Å². The highest BCUT2D eigenvalue weighted by Gasteiger charge is 2.43. The van der Waals surface area contributed by atoms with Crippen molar-refractivity contribution in [2.24, 2.45) is 5.92 Å². The summed E-state index contributed by atoms with van der Waals surface area (Å²) in [5.41, 5.74) is 5.32. The molecule has 1 aliphatic rings. The van der Waals surface area contributed by atoms with Crippen molar-refractivity contribution in [2.75, 3.05) is 5.73 Å². The molecule has 0 unspecified atom stereocenters. The Morgan fingerprint density at radius 2 is 2.27 bits per heavy atom. The summed E-state index contributed by atoms with van der Waals surface area (Å²) in [5, 5.41) is 9.79. The molecule has 0 amide bonds. The quantitative estimate of drug-likeness (QED) is 0.421. The number of imidazole rings is 1. The van der Waals surface area contributed by atoms with Crippen LogP contribution in [0, 0.1) is 5.92 Å². The topological polar surface area (TPSA) is 177 Å². The van der Waals surface area contributed by atoms with Crippen LogP contribution in [0.25, 0.3) is 11.2 Å². The molecular formula is C10H14N5O6P. The number of aliphatic hydroxyl groups is 1. The Morgan fingerprint density at radius 1 is 1.55 bits per heavy atom. The van der Waals surface area contributed by atoms with Gasteiger partial charge < -0.3 is 29.9 Å². The molecule has 0 radical (unpaired) electrons. The fourth-order valence-electron chi connectivity index (χ4n) is 2.44. The molecule has 6 N–H and O–H groups in total. The van der Waals surface area contributed by atoms with E-state index < -0.39 is 31.2 Å². The first-order valence-electron chi connectivity index (χ1n) is 6.35.